The quantitative estimate of drug-likeness (QED) is 0.783. The SMILES string of the molecule is CS(=O)(=O)c1ccccc1NS(=O)(=O)CC(=O)O. The monoisotopic (exact) mass is 293 g/mol. The van der Waals surface area contributed by atoms with Crippen LogP contribution in [0.3, 0.4) is 0 Å². The van der Waals surface area contributed by atoms with E-state index in [1.165, 1.54) is 24.3 Å². The standard InChI is InChI=1S/C9H11NO6S2/c1-17(13,14)8-5-3-2-4-7(8)10-18(15,16)6-9(11)12/h2-5,10H,6H2,1H3,(H,11,12). The van der Waals surface area contributed by atoms with Gasteiger partial charge in [-0.05, 0) is 12.1 Å². The van der Waals surface area contributed by atoms with Gasteiger partial charge in [0.1, 0.15) is 0 Å². The van der Waals surface area contributed by atoms with Crippen LogP contribution in [0.2, 0.25) is 0 Å². The highest BCUT2D eigenvalue weighted by molar-refractivity contribution is 7.93. The van der Waals surface area contributed by atoms with Crippen molar-refractivity contribution in [3.8, 4) is 0 Å². The number of carboxylic acid groups (broad SMARTS) is 1. The minimum atomic E-state index is -4.13. The van der Waals surface area contributed by atoms with E-state index in [-0.39, 0.29) is 10.6 Å². The van der Waals surface area contributed by atoms with Gasteiger partial charge in [0, 0.05) is 6.26 Å². The summed E-state index contributed by atoms with van der Waals surface area (Å²) in [6.45, 7) is 0. The molecule has 18 heavy (non-hydrogen) atoms. The topological polar surface area (TPSA) is 118 Å². The summed E-state index contributed by atoms with van der Waals surface area (Å²) in [7, 11) is -7.74. The third-order valence-corrected chi connectivity index (χ3v) is 4.18. The van der Waals surface area contributed by atoms with Crippen molar-refractivity contribution in [1.29, 1.82) is 0 Å². The van der Waals surface area contributed by atoms with E-state index in [4.69, 9.17) is 5.11 Å². The molecule has 0 aromatic heterocycles. The highest BCUT2D eigenvalue weighted by Gasteiger charge is 2.20. The molecule has 0 atom stereocenters. The fourth-order valence-corrected chi connectivity index (χ4v) is 3.06. The van der Waals surface area contributed by atoms with E-state index in [2.05, 4.69) is 0 Å². The number of rotatable bonds is 5. The molecule has 1 aromatic rings. The Bertz CT molecular complexity index is 662. The lowest BCUT2D eigenvalue weighted by molar-refractivity contribution is -0.134. The maximum absolute atomic E-state index is 11.4. The van der Waals surface area contributed by atoms with E-state index in [0.29, 0.717) is 0 Å². The van der Waals surface area contributed by atoms with Crippen LogP contribution >= 0.6 is 0 Å². The number of carboxylic acids is 1. The molecule has 0 radical (unpaired) electrons. The number of carbonyl (C=O) groups is 1. The van der Waals surface area contributed by atoms with Gasteiger partial charge in [-0.2, -0.15) is 0 Å². The third kappa shape index (κ3) is 4.00. The van der Waals surface area contributed by atoms with Gasteiger partial charge >= 0.3 is 5.97 Å². The zero-order valence-electron chi connectivity index (χ0n) is 9.32. The van der Waals surface area contributed by atoms with Crippen LogP contribution in [-0.4, -0.2) is 39.9 Å². The number of para-hydroxylation sites is 1. The second-order valence-electron chi connectivity index (χ2n) is 3.52. The van der Waals surface area contributed by atoms with Crippen LogP contribution in [0.4, 0.5) is 5.69 Å². The largest absolute Gasteiger partial charge is 0.480 e. The van der Waals surface area contributed by atoms with Crippen molar-refractivity contribution >= 4 is 31.5 Å². The molecule has 0 spiro atoms. The number of anilines is 1. The lowest BCUT2D eigenvalue weighted by Gasteiger charge is -2.09. The molecule has 0 amide bonds. The zero-order chi connectivity index (χ0) is 14.0. The second-order valence-corrected chi connectivity index (χ2v) is 7.23. The average molecular weight is 293 g/mol. The van der Waals surface area contributed by atoms with Crippen molar-refractivity contribution < 1.29 is 26.7 Å². The fourth-order valence-electron chi connectivity index (χ4n) is 1.24. The van der Waals surface area contributed by atoms with Crippen LogP contribution in [-0.2, 0) is 24.7 Å². The minimum Gasteiger partial charge on any atom is -0.480 e. The Morgan fingerprint density at radius 2 is 1.78 bits per heavy atom. The molecule has 0 aliphatic carbocycles. The van der Waals surface area contributed by atoms with Gasteiger partial charge in [0.25, 0.3) is 0 Å². The molecule has 1 rings (SSSR count). The summed E-state index contributed by atoms with van der Waals surface area (Å²) in [5, 5.41) is 8.42. The highest BCUT2D eigenvalue weighted by atomic mass is 32.2. The van der Waals surface area contributed by atoms with Crippen molar-refractivity contribution in [3.63, 3.8) is 0 Å². The van der Waals surface area contributed by atoms with Gasteiger partial charge in [-0.3, -0.25) is 9.52 Å². The smallest absolute Gasteiger partial charge is 0.320 e. The second kappa shape index (κ2) is 4.94. The predicted molar refractivity (Wildman–Crippen MR) is 64.6 cm³/mol. The molecule has 1 aromatic carbocycles. The molecule has 0 aliphatic heterocycles. The Hall–Kier alpha value is -1.61. The number of hydrogen-bond donors (Lipinski definition) is 2. The van der Waals surface area contributed by atoms with E-state index in [1.807, 2.05) is 4.72 Å². The Kier molecular flexibility index (Phi) is 3.97. The van der Waals surface area contributed by atoms with Gasteiger partial charge in [0.2, 0.25) is 10.0 Å². The first kappa shape index (κ1) is 14.5. The number of benzene rings is 1. The Labute approximate surface area is 104 Å². The molecule has 7 nitrogen and oxygen atoms in total. The van der Waals surface area contributed by atoms with Gasteiger partial charge in [0.05, 0.1) is 10.6 Å². The minimum absolute atomic E-state index is 0.166. The highest BCUT2D eigenvalue weighted by Crippen LogP contribution is 2.21. The first-order chi connectivity index (χ1) is 8.12. The predicted octanol–water partition coefficient (Wildman–Crippen LogP) is -0.0836. The molecule has 0 fully saturated rings. The van der Waals surface area contributed by atoms with Crippen LogP contribution in [0.25, 0.3) is 0 Å². The first-order valence-electron chi connectivity index (χ1n) is 4.63. The van der Waals surface area contributed by atoms with E-state index < -0.39 is 31.6 Å². The summed E-state index contributed by atoms with van der Waals surface area (Å²) in [6, 6.07) is 5.35. The Balaban J connectivity index is 3.18. The van der Waals surface area contributed by atoms with E-state index in [9.17, 15) is 21.6 Å². The lowest BCUT2D eigenvalue weighted by Crippen LogP contribution is -2.23. The molecule has 0 unspecified atom stereocenters. The molecule has 0 bridgehead atoms. The molecule has 0 heterocycles. The molecule has 0 saturated carbocycles. The molecular formula is C9H11NO6S2. The zero-order valence-corrected chi connectivity index (χ0v) is 11.0. The van der Waals surface area contributed by atoms with Crippen molar-refractivity contribution in [2.75, 3.05) is 16.7 Å². The number of sulfonamides is 1. The van der Waals surface area contributed by atoms with Crippen LogP contribution in [0.5, 0.6) is 0 Å². The Morgan fingerprint density at radius 3 is 2.28 bits per heavy atom. The molecule has 0 aliphatic rings. The van der Waals surface area contributed by atoms with Crippen molar-refractivity contribution in [2.45, 2.75) is 4.90 Å². The van der Waals surface area contributed by atoms with E-state index in [0.717, 1.165) is 6.26 Å². The number of sulfone groups is 1. The molecule has 2 N–H and O–H groups in total. The van der Waals surface area contributed by atoms with Crippen molar-refractivity contribution in [2.24, 2.45) is 0 Å². The lowest BCUT2D eigenvalue weighted by atomic mass is 10.3. The summed E-state index contributed by atoms with van der Waals surface area (Å²) >= 11 is 0. The number of nitrogens with one attached hydrogen (secondary N) is 1. The van der Waals surface area contributed by atoms with Gasteiger partial charge < -0.3 is 5.11 Å². The summed E-state index contributed by atoms with van der Waals surface area (Å²) < 4.78 is 47.6. The van der Waals surface area contributed by atoms with Crippen molar-refractivity contribution in [3.05, 3.63) is 24.3 Å². The maximum atomic E-state index is 11.4. The summed E-state index contributed by atoms with van der Waals surface area (Å²) in [5.74, 6) is -2.66. The number of hydrogen-bond acceptors (Lipinski definition) is 5. The summed E-state index contributed by atoms with van der Waals surface area (Å²) in [5.41, 5.74) is -0.166. The maximum Gasteiger partial charge on any atom is 0.320 e. The van der Waals surface area contributed by atoms with Gasteiger partial charge in [-0.1, -0.05) is 12.1 Å². The fraction of sp³-hybridized carbons (Fsp3) is 0.222. The van der Waals surface area contributed by atoms with Gasteiger partial charge in [-0.15, -0.1) is 0 Å². The van der Waals surface area contributed by atoms with Gasteiger partial charge in [-0.25, -0.2) is 16.8 Å². The van der Waals surface area contributed by atoms with E-state index in [1.54, 1.807) is 0 Å². The Morgan fingerprint density at radius 1 is 1.22 bits per heavy atom. The van der Waals surface area contributed by atoms with E-state index >= 15 is 0 Å². The van der Waals surface area contributed by atoms with Crippen LogP contribution in [0.15, 0.2) is 29.2 Å². The molecule has 0 saturated heterocycles. The molecule has 9 heteroatoms. The normalized spacial score (nSPS) is 12.1. The van der Waals surface area contributed by atoms with Crippen LogP contribution in [0.1, 0.15) is 0 Å². The summed E-state index contributed by atoms with van der Waals surface area (Å²) in [6.07, 6.45) is 0.928. The summed E-state index contributed by atoms with van der Waals surface area (Å²) in [4.78, 5) is 10.1. The number of aliphatic carboxylic acids is 1. The van der Waals surface area contributed by atoms with Crippen LogP contribution in [0, 0.1) is 0 Å². The third-order valence-electron chi connectivity index (χ3n) is 1.87. The average Bonchev–Trinajstić information content (AvgIpc) is 2.13. The van der Waals surface area contributed by atoms with Gasteiger partial charge in [0.15, 0.2) is 15.6 Å². The molecular weight excluding hydrogens is 282 g/mol. The molecule has 100 valence electrons. The van der Waals surface area contributed by atoms with Crippen LogP contribution < -0.4 is 4.72 Å². The first-order valence-corrected chi connectivity index (χ1v) is 8.17. The van der Waals surface area contributed by atoms with Crippen molar-refractivity contribution in [1.82, 2.24) is 0 Å².